The van der Waals surface area contributed by atoms with Crippen LogP contribution in [-0.4, -0.2) is 58.0 Å². The molecule has 2 aromatic rings. The molecule has 2 atom stereocenters. The fourth-order valence-corrected chi connectivity index (χ4v) is 4.53. The summed E-state index contributed by atoms with van der Waals surface area (Å²) in [6.45, 7) is 2.47. The van der Waals surface area contributed by atoms with Gasteiger partial charge in [-0.1, -0.05) is 0 Å². The molecule has 2 fully saturated rings. The normalized spacial score (nSPS) is 24.1. The molecule has 9 heteroatoms. The lowest BCUT2D eigenvalue weighted by molar-refractivity contribution is -0.148. The molecular weight excluding hydrogens is 394 g/mol. The van der Waals surface area contributed by atoms with Gasteiger partial charge in [-0.25, -0.2) is 8.78 Å². The van der Waals surface area contributed by atoms with Crippen molar-refractivity contribution in [3.05, 3.63) is 47.5 Å². The molecule has 0 N–H and O–H groups in total. The molecule has 2 aliphatic rings. The molecule has 1 amide bonds. The van der Waals surface area contributed by atoms with Gasteiger partial charge < -0.3 is 14.4 Å². The van der Waals surface area contributed by atoms with E-state index in [-0.39, 0.29) is 17.1 Å². The predicted octanol–water partition coefficient (Wildman–Crippen LogP) is 2.98. The van der Waals surface area contributed by atoms with Crippen LogP contribution in [0.15, 0.2) is 30.7 Å². The molecule has 0 saturated carbocycles. The highest BCUT2D eigenvalue weighted by Gasteiger charge is 2.47. The largest absolute Gasteiger partial charge is 0.377 e. The summed E-state index contributed by atoms with van der Waals surface area (Å²) in [6, 6.07) is 3.80. The molecule has 0 bridgehead atoms. The Balaban J connectivity index is 1.49. The van der Waals surface area contributed by atoms with Gasteiger partial charge in [-0.15, -0.1) is 0 Å². The fraction of sp³-hybridized carbons (Fsp3) is 0.571. The Bertz CT molecular complexity index is 876. The van der Waals surface area contributed by atoms with Gasteiger partial charge in [-0.2, -0.15) is 5.10 Å². The topological polar surface area (TPSA) is 69.5 Å². The molecule has 4 heterocycles. The Hall–Kier alpha value is -2.39. The SMILES string of the molecule is Cn1cc(C(=O)N2CCC3OCCCC3(COCc3ccncc3)C2)c(C(F)F)n1. The Kier molecular flexibility index (Phi) is 6.10. The summed E-state index contributed by atoms with van der Waals surface area (Å²) >= 11 is 0. The highest BCUT2D eigenvalue weighted by Crippen LogP contribution is 2.41. The monoisotopic (exact) mass is 420 g/mol. The minimum atomic E-state index is -2.79. The van der Waals surface area contributed by atoms with E-state index in [9.17, 15) is 13.6 Å². The summed E-state index contributed by atoms with van der Waals surface area (Å²) in [5, 5.41) is 3.77. The maximum absolute atomic E-state index is 13.3. The molecule has 0 spiro atoms. The van der Waals surface area contributed by atoms with Crippen LogP contribution in [0.1, 0.15) is 47.3 Å². The predicted molar refractivity (Wildman–Crippen MR) is 104 cm³/mol. The second kappa shape index (κ2) is 8.77. The van der Waals surface area contributed by atoms with Crippen LogP contribution in [0.3, 0.4) is 0 Å². The van der Waals surface area contributed by atoms with Crippen molar-refractivity contribution in [2.75, 3.05) is 26.3 Å². The number of aryl methyl sites for hydroxylation is 1. The van der Waals surface area contributed by atoms with Crippen molar-refractivity contribution in [3.8, 4) is 0 Å². The molecule has 0 aromatic carbocycles. The number of hydrogen-bond acceptors (Lipinski definition) is 5. The van der Waals surface area contributed by atoms with Gasteiger partial charge in [0.1, 0.15) is 5.69 Å². The van der Waals surface area contributed by atoms with Crippen molar-refractivity contribution in [3.63, 3.8) is 0 Å². The lowest BCUT2D eigenvalue weighted by atomic mass is 9.73. The standard InChI is InChI=1S/C21H26F2N4O3/c1-26-11-16(18(25-26)19(22)23)20(28)27-9-5-17-21(13-27,6-2-10-30-17)14-29-12-15-3-7-24-8-4-15/h3-4,7-8,11,17,19H,2,5-6,9-10,12-14H2,1H3. The third kappa shape index (κ3) is 4.22. The quantitative estimate of drug-likeness (QED) is 0.719. The minimum absolute atomic E-state index is 0.00351. The Morgan fingerprint density at radius 1 is 1.40 bits per heavy atom. The maximum Gasteiger partial charge on any atom is 0.282 e. The van der Waals surface area contributed by atoms with E-state index in [1.807, 2.05) is 12.1 Å². The number of hydrogen-bond donors (Lipinski definition) is 0. The number of nitrogens with zero attached hydrogens (tertiary/aromatic N) is 4. The van der Waals surface area contributed by atoms with E-state index in [4.69, 9.17) is 9.47 Å². The Labute approximate surface area is 174 Å². The molecule has 0 aliphatic carbocycles. The van der Waals surface area contributed by atoms with E-state index in [1.165, 1.54) is 17.9 Å². The van der Waals surface area contributed by atoms with E-state index < -0.39 is 18.0 Å². The van der Waals surface area contributed by atoms with Gasteiger partial charge in [0.05, 0.1) is 24.9 Å². The van der Waals surface area contributed by atoms with Crippen LogP contribution >= 0.6 is 0 Å². The number of carbonyl (C=O) groups is 1. The van der Waals surface area contributed by atoms with Crippen LogP contribution in [0.25, 0.3) is 0 Å². The molecule has 7 nitrogen and oxygen atoms in total. The van der Waals surface area contributed by atoms with Crippen LogP contribution in [0, 0.1) is 5.41 Å². The zero-order valence-corrected chi connectivity index (χ0v) is 17.0. The van der Waals surface area contributed by atoms with E-state index in [0.717, 1.165) is 18.4 Å². The average Bonchev–Trinajstić information content (AvgIpc) is 3.15. The van der Waals surface area contributed by atoms with Gasteiger partial charge in [0.15, 0.2) is 0 Å². The number of amides is 1. The van der Waals surface area contributed by atoms with E-state index in [0.29, 0.717) is 39.3 Å². The summed E-state index contributed by atoms with van der Waals surface area (Å²) in [5.74, 6) is -0.407. The number of ether oxygens (including phenoxy) is 2. The third-order valence-electron chi connectivity index (χ3n) is 5.98. The Morgan fingerprint density at radius 2 is 2.20 bits per heavy atom. The second-order valence-electron chi connectivity index (χ2n) is 8.09. The van der Waals surface area contributed by atoms with Crippen molar-refractivity contribution >= 4 is 5.91 Å². The van der Waals surface area contributed by atoms with E-state index in [2.05, 4.69) is 10.1 Å². The van der Waals surface area contributed by atoms with Crippen LogP contribution in [0.2, 0.25) is 0 Å². The van der Waals surface area contributed by atoms with Crippen LogP contribution < -0.4 is 0 Å². The number of likely N-dealkylation sites (tertiary alicyclic amines) is 1. The number of halogens is 2. The van der Waals surface area contributed by atoms with Gasteiger partial charge in [-0.3, -0.25) is 14.5 Å². The van der Waals surface area contributed by atoms with Crippen molar-refractivity contribution in [2.24, 2.45) is 12.5 Å². The van der Waals surface area contributed by atoms with Gasteiger partial charge in [0.25, 0.3) is 12.3 Å². The summed E-state index contributed by atoms with van der Waals surface area (Å²) in [6.07, 6.45) is 4.43. The molecule has 0 radical (unpaired) electrons. The average molecular weight is 420 g/mol. The third-order valence-corrected chi connectivity index (χ3v) is 5.98. The number of alkyl halides is 2. The molecule has 4 rings (SSSR count). The van der Waals surface area contributed by atoms with Gasteiger partial charge in [0.2, 0.25) is 0 Å². The molecule has 2 saturated heterocycles. The zero-order chi connectivity index (χ0) is 21.1. The number of fused-ring (bicyclic) bond motifs is 1. The highest BCUT2D eigenvalue weighted by molar-refractivity contribution is 5.95. The zero-order valence-electron chi connectivity index (χ0n) is 17.0. The molecular formula is C21H26F2N4O3. The number of carbonyl (C=O) groups excluding carboxylic acids is 1. The first-order valence-corrected chi connectivity index (χ1v) is 10.2. The summed E-state index contributed by atoms with van der Waals surface area (Å²) in [4.78, 5) is 18.8. The van der Waals surface area contributed by atoms with E-state index >= 15 is 0 Å². The van der Waals surface area contributed by atoms with Crippen LogP contribution in [0.5, 0.6) is 0 Å². The van der Waals surface area contributed by atoms with Crippen molar-refractivity contribution < 1.29 is 23.0 Å². The summed E-state index contributed by atoms with van der Waals surface area (Å²) in [5.41, 5.74) is 0.185. The smallest absolute Gasteiger partial charge is 0.282 e. The fourth-order valence-electron chi connectivity index (χ4n) is 4.53. The first-order chi connectivity index (χ1) is 14.5. The summed E-state index contributed by atoms with van der Waals surface area (Å²) in [7, 11) is 1.54. The summed E-state index contributed by atoms with van der Waals surface area (Å²) < 4.78 is 40.0. The van der Waals surface area contributed by atoms with Gasteiger partial charge >= 0.3 is 0 Å². The van der Waals surface area contributed by atoms with Crippen LogP contribution in [-0.2, 0) is 23.1 Å². The maximum atomic E-state index is 13.3. The Morgan fingerprint density at radius 3 is 2.97 bits per heavy atom. The molecule has 2 unspecified atom stereocenters. The first-order valence-electron chi connectivity index (χ1n) is 10.2. The molecule has 162 valence electrons. The molecule has 2 aromatic heterocycles. The van der Waals surface area contributed by atoms with Crippen molar-refractivity contribution in [1.82, 2.24) is 19.7 Å². The lowest BCUT2D eigenvalue weighted by Gasteiger charge is -2.50. The number of pyridine rings is 1. The van der Waals surface area contributed by atoms with Crippen molar-refractivity contribution in [2.45, 2.75) is 38.4 Å². The first kappa shape index (κ1) is 20.9. The minimum Gasteiger partial charge on any atom is -0.377 e. The molecule has 30 heavy (non-hydrogen) atoms. The van der Waals surface area contributed by atoms with Gasteiger partial charge in [-0.05, 0) is 37.0 Å². The number of piperidine rings is 1. The van der Waals surface area contributed by atoms with Crippen LogP contribution in [0.4, 0.5) is 8.78 Å². The lowest BCUT2D eigenvalue weighted by Crippen LogP contribution is -2.58. The molecule has 2 aliphatic heterocycles. The van der Waals surface area contributed by atoms with Crippen molar-refractivity contribution in [1.29, 1.82) is 0 Å². The second-order valence-corrected chi connectivity index (χ2v) is 8.09. The highest BCUT2D eigenvalue weighted by atomic mass is 19.3. The number of rotatable bonds is 6. The van der Waals surface area contributed by atoms with E-state index in [1.54, 1.807) is 17.3 Å². The van der Waals surface area contributed by atoms with Gasteiger partial charge in [0, 0.05) is 50.7 Å². The number of aromatic nitrogens is 3.